The molecule has 16 heavy (non-hydrogen) atoms. The molecule has 1 fully saturated rings. The van der Waals surface area contributed by atoms with Crippen molar-refractivity contribution >= 4 is 0 Å². The molecule has 1 atom stereocenters. The minimum absolute atomic E-state index is 0.331. The van der Waals surface area contributed by atoms with E-state index in [2.05, 4.69) is 29.3 Å². The van der Waals surface area contributed by atoms with Crippen molar-refractivity contribution < 1.29 is 4.52 Å². The molecule has 0 saturated carbocycles. The van der Waals surface area contributed by atoms with Crippen molar-refractivity contribution in [3.8, 4) is 0 Å². The second kappa shape index (κ2) is 5.43. The van der Waals surface area contributed by atoms with Crippen LogP contribution in [-0.2, 0) is 6.42 Å². The zero-order valence-electron chi connectivity index (χ0n) is 10.2. The molecular weight excluding hydrogens is 202 g/mol. The molecule has 1 unspecified atom stereocenters. The molecule has 1 aliphatic rings. The van der Waals surface area contributed by atoms with Gasteiger partial charge in [-0.3, -0.25) is 0 Å². The Kier molecular flexibility index (Phi) is 3.93. The Balaban J connectivity index is 1.91. The van der Waals surface area contributed by atoms with Crippen LogP contribution in [0.15, 0.2) is 4.52 Å². The minimum atomic E-state index is 0.331. The smallest absolute Gasteiger partial charge is 0.229 e. The van der Waals surface area contributed by atoms with Gasteiger partial charge in [-0.15, -0.1) is 0 Å². The average Bonchev–Trinajstić information content (AvgIpc) is 2.56. The van der Waals surface area contributed by atoms with Crippen molar-refractivity contribution in [1.29, 1.82) is 0 Å². The Morgan fingerprint density at radius 1 is 1.38 bits per heavy atom. The zero-order valence-corrected chi connectivity index (χ0v) is 10.2. The standard InChI is InChI=1S/C12H21N3O/c1-9(2)12-14-11(15-16-12)8-10-4-3-6-13-7-5-10/h9-10,13H,3-8H2,1-2H3. The summed E-state index contributed by atoms with van der Waals surface area (Å²) < 4.78 is 5.22. The second-order valence-corrected chi connectivity index (χ2v) is 4.95. The molecule has 0 aliphatic carbocycles. The van der Waals surface area contributed by atoms with Crippen LogP contribution in [0.5, 0.6) is 0 Å². The molecule has 2 heterocycles. The van der Waals surface area contributed by atoms with Gasteiger partial charge < -0.3 is 9.84 Å². The molecule has 1 N–H and O–H groups in total. The normalized spacial score (nSPS) is 22.3. The van der Waals surface area contributed by atoms with E-state index in [0.29, 0.717) is 11.8 Å². The maximum atomic E-state index is 5.22. The molecule has 90 valence electrons. The molecule has 0 amide bonds. The molecule has 0 radical (unpaired) electrons. The first-order valence-corrected chi connectivity index (χ1v) is 6.29. The van der Waals surface area contributed by atoms with Crippen LogP contribution < -0.4 is 5.32 Å². The van der Waals surface area contributed by atoms with E-state index in [1.165, 1.54) is 19.3 Å². The lowest BCUT2D eigenvalue weighted by molar-refractivity contribution is 0.355. The quantitative estimate of drug-likeness (QED) is 0.852. The molecule has 0 spiro atoms. The summed E-state index contributed by atoms with van der Waals surface area (Å²) in [5.41, 5.74) is 0. The van der Waals surface area contributed by atoms with Gasteiger partial charge in [-0.25, -0.2) is 0 Å². The van der Waals surface area contributed by atoms with Crippen molar-refractivity contribution in [2.45, 2.75) is 45.4 Å². The predicted octanol–water partition coefficient (Wildman–Crippen LogP) is 2.13. The lowest BCUT2D eigenvalue weighted by atomic mass is 9.97. The summed E-state index contributed by atoms with van der Waals surface area (Å²) in [6.45, 7) is 6.43. The fourth-order valence-corrected chi connectivity index (χ4v) is 2.14. The number of nitrogens with one attached hydrogen (secondary N) is 1. The first-order valence-electron chi connectivity index (χ1n) is 6.29. The van der Waals surface area contributed by atoms with E-state index in [0.717, 1.165) is 31.2 Å². The van der Waals surface area contributed by atoms with E-state index in [9.17, 15) is 0 Å². The average molecular weight is 223 g/mol. The van der Waals surface area contributed by atoms with Gasteiger partial charge in [-0.05, 0) is 38.3 Å². The molecule has 4 heteroatoms. The predicted molar refractivity (Wildman–Crippen MR) is 62.3 cm³/mol. The maximum absolute atomic E-state index is 5.22. The molecule has 1 saturated heterocycles. The molecule has 0 bridgehead atoms. The van der Waals surface area contributed by atoms with E-state index < -0.39 is 0 Å². The third-order valence-electron chi connectivity index (χ3n) is 3.14. The lowest BCUT2D eigenvalue weighted by Crippen LogP contribution is -2.14. The first-order chi connectivity index (χ1) is 7.75. The Morgan fingerprint density at radius 3 is 3.00 bits per heavy atom. The minimum Gasteiger partial charge on any atom is -0.339 e. The molecule has 4 nitrogen and oxygen atoms in total. The summed E-state index contributed by atoms with van der Waals surface area (Å²) in [6.07, 6.45) is 4.74. The van der Waals surface area contributed by atoms with E-state index in [1.807, 2.05) is 0 Å². The summed E-state index contributed by atoms with van der Waals surface area (Å²) in [7, 11) is 0. The molecular formula is C12H21N3O. The van der Waals surface area contributed by atoms with Crippen LogP contribution >= 0.6 is 0 Å². The monoisotopic (exact) mass is 223 g/mol. The van der Waals surface area contributed by atoms with E-state index in [1.54, 1.807) is 0 Å². The highest BCUT2D eigenvalue weighted by Gasteiger charge is 2.16. The van der Waals surface area contributed by atoms with E-state index in [-0.39, 0.29) is 0 Å². The van der Waals surface area contributed by atoms with Gasteiger partial charge in [0.2, 0.25) is 5.89 Å². The zero-order chi connectivity index (χ0) is 11.4. The summed E-state index contributed by atoms with van der Waals surface area (Å²) in [5.74, 6) is 2.70. The van der Waals surface area contributed by atoms with Crippen LogP contribution in [-0.4, -0.2) is 23.2 Å². The van der Waals surface area contributed by atoms with Crippen LogP contribution in [0.4, 0.5) is 0 Å². The van der Waals surface area contributed by atoms with Crippen molar-refractivity contribution in [2.75, 3.05) is 13.1 Å². The van der Waals surface area contributed by atoms with Crippen LogP contribution in [0.2, 0.25) is 0 Å². The Hall–Kier alpha value is -0.900. The second-order valence-electron chi connectivity index (χ2n) is 4.95. The number of hydrogen-bond acceptors (Lipinski definition) is 4. The Morgan fingerprint density at radius 2 is 2.25 bits per heavy atom. The summed E-state index contributed by atoms with van der Waals surface area (Å²) >= 11 is 0. The van der Waals surface area contributed by atoms with Gasteiger partial charge in [0, 0.05) is 12.3 Å². The SMILES string of the molecule is CC(C)c1nc(CC2CCCNCC2)no1. The Labute approximate surface area is 96.8 Å². The van der Waals surface area contributed by atoms with Crippen molar-refractivity contribution in [3.63, 3.8) is 0 Å². The lowest BCUT2D eigenvalue weighted by Gasteiger charge is -2.09. The van der Waals surface area contributed by atoms with Gasteiger partial charge in [0.1, 0.15) is 0 Å². The van der Waals surface area contributed by atoms with Gasteiger partial charge in [-0.2, -0.15) is 4.98 Å². The molecule has 1 aromatic rings. The molecule has 2 rings (SSSR count). The highest BCUT2D eigenvalue weighted by atomic mass is 16.5. The number of rotatable bonds is 3. The topological polar surface area (TPSA) is 51.0 Å². The highest BCUT2D eigenvalue weighted by molar-refractivity contribution is 4.92. The maximum Gasteiger partial charge on any atom is 0.229 e. The van der Waals surface area contributed by atoms with Crippen molar-refractivity contribution in [2.24, 2.45) is 5.92 Å². The molecule has 0 aromatic carbocycles. The van der Waals surface area contributed by atoms with Gasteiger partial charge in [0.15, 0.2) is 5.82 Å². The highest BCUT2D eigenvalue weighted by Crippen LogP contribution is 2.19. The number of aromatic nitrogens is 2. The number of hydrogen-bond donors (Lipinski definition) is 1. The fraction of sp³-hybridized carbons (Fsp3) is 0.833. The van der Waals surface area contributed by atoms with Crippen LogP contribution in [0.1, 0.15) is 50.7 Å². The van der Waals surface area contributed by atoms with Crippen molar-refractivity contribution in [3.05, 3.63) is 11.7 Å². The van der Waals surface area contributed by atoms with Crippen LogP contribution in [0.3, 0.4) is 0 Å². The largest absolute Gasteiger partial charge is 0.339 e. The van der Waals surface area contributed by atoms with Gasteiger partial charge in [0.05, 0.1) is 0 Å². The third-order valence-corrected chi connectivity index (χ3v) is 3.14. The summed E-state index contributed by atoms with van der Waals surface area (Å²) in [5, 5.41) is 7.48. The molecule has 1 aromatic heterocycles. The van der Waals surface area contributed by atoms with Crippen LogP contribution in [0, 0.1) is 5.92 Å². The van der Waals surface area contributed by atoms with E-state index >= 15 is 0 Å². The van der Waals surface area contributed by atoms with E-state index in [4.69, 9.17) is 4.52 Å². The fourth-order valence-electron chi connectivity index (χ4n) is 2.14. The van der Waals surface area contributed by atoms with Crippen LogP contribution in [0.25, 0.3) is 0 Å². The number of nitrogens with zero attached hydrogens (tertiary/aromatic N) is 2. The van der Waals surface area contributed by atoms with Gasteiger partial charge in [-0.1, -0.05) is 19.0 Å². The Bertz CT molecular complexity index is 314. The summed E-state index contributed by atoms with van der Waals surface area (Å²) in [6, 6.07) is 0. The third kappa shape index (κ3) is 3.04. The molecule has 1 aliphatic heterocycles. The first kappa shape index (κ1) is 11.6. The van der Waals surface area contributed by atoms with Gasteiger partial charge in [0.25, 0.3) is 0 Å². The van der Waals surface area contributed by atoms with Crippen molar-refractivity contribution in [1.82, 2.24) is 15.5 Å². The van der Waals surface area contributed by atoms with Gasteiger partial charge >= 0.3 is 0 Å². The summed E-state index contributed by atoms with van der Waals surface area (Å²) in [4.78, 5) is 4.44.